The minimum atomic E-state index is -3.30. The van der Waals surface area contributed by atoms with Crippen molar-refractivity contribution in [1.82, 2.24) is 19.5 Å². The summed E-state index contributed by atoms with van der Waals surface area (Å²) in [5.74, 6) is 0.725. The highest BCUT2D eigenvalue weighted by molar-refractivity contribution is 7.88. The second kappa shape index (κ2) is 9.95. The van der Waals surface area contributed by atoms with Gasteiger partial charge < -0.3 is 14.8 Å². The van der Waals surface area contributed by atoms with Crippen molar-refractivity contribution in [2.45, 2.75) is 25.8 Å². The van der Waals surface area contributed by atoms with Gasteiger partial charge in [-0.1, -0.05) is 35.9 Å². The van der Waals surface area contributed by atoms with Crippen LogP contribution >= 0.6 is 11.6 Å². The molecule has 0 amide bonds. The number of rotatable bonds is 8. The Bertz CT molecular complexity index is 924. The number of halogens is 1. The molecule has 0 saturated carbocycles. The van der Waals surface area contributed by atoms with Crippen LogP contribution in [-0.2, 0) is 35.9 Å². The first-order chi connectivity index (χ1) is 13.2. The number of benzene rings is 1. The summed E-state index contributed by atoms with van der Waals surface area (Å²) < 4.78 is 27.8. The summed E-state index contributed by atoms with van der Waals surface area (Å²) in [6.07, 6.45) is 1.87. The van der Waals surface area contributed by atoms with Crippen LogP contribution < -0.4 is 10.0 Å². The van der Waals surface area contributed by atoms with Gasteiger partial charge in [0.05, 0.1) is 23.9 Å². The highest BCUT2D eigenvalue weighted by Gasteiger charge is 2.11. The molecule has 0 radical (unpaired) electrons. The Morgan fingerprint density at radius 3 is 2.61 bits per heavy atom. The monoisotopic (exact) mass is 425 g/mol. The molecule has 2 aromatic rings. The number of hydrogen-bond acceptors (Lipinski definition) is 3. The van der Waals surface area contributed by atoms with Gasteiger partial charge in [0.15, 0.2) is 5.96 Å². The zero-order valence-electron chi connectivity index (χ0n) is 16.7. The number of guanidine groups is 1. The summed E-state index contributed by atoms with van der Waals surface area (Å²) in [5.41, 5.74) is 2.77. The molecule has 1 aromatic carbocycles. The van der Waals surface area contributed by atoms with Gasteiger partial charge in [-0.3, -0.25) is 0 Å². The molecule has 28 heavy (non-hydrogen) atoms. The maximum atomic E-state index is 11.8. The van der Waals surface area contributed by atoms with E-state index in [-0.39, 0.29) is 5.75 Å². The van der Waals surface area contributed by atoms with Crippen LogP contribution in [0.1, 0.15) is 23.7 Å². The van der Waals surface area contributed by atoms with Crippen molar-refractivity contribution in [3.05, 3.63) is 58.4 Å². The zero-order chi connectivity index (χ0) is 20.7. The van der Waals surface area contributed by atoms with E-state index in [1.165, 1.54) is 7.05 Å². The number of nitrogens with zero attached hydrogens (tertiary/aromatic N) is 3. The standard InChI is InChI=1S/C19H28ClN5O2S/c1-5-22-19(25(4)13-18-10-17(20)12-24(18)3)23-11-15-7-6-8-16(9-15)14-28(26,27)21-2/h6-10,12,21H,5,11,13-14H2,1-4H3,(H,22,23). The first kappa shape index (κ1) is 22.3. The second-order valence-corrected chi connectivity index (χ2v) is 8.93. The molecule has 1 aromatic heterocycles. The van der Waals surface area contributed by atoms with Crippen molar-refractivity contribution in [3.63, 3.8) is 0 Å². The van der Waals surface area contributed by atoms with Crippen LogP contribution in [0.5, 0.6) is 0 Å². The van der Waals surface area contributed by atoms with Gasteiger partial charge in [-0.2, -0.15) is 0 Å². The van der Waals surface area contributed by atoms with Crippen LogP contribution in [0.2, 0.25) is 5.02 Å². The molecule has 9 heteroatoms. The summed E-state index contributed by atoms with van der Waals surface area (Å²) in [4.78, 5) is 6.73. The minimum Gasteiger partial charge on any atom is -0.357 e. The lowest BCUT2D eigenvalue weighted by atomic mass is 10.1. The lowest BCUT2D eigenvalue weighted by Crippen LogP contribution is -2.38. The quantitative estimate of drug-likeness (QED) is 0.502. The molecule has 0 bridgehead atoms. The van der Waals surface area contributed by atoms with E-state index in [9.17, 15) is 8.42 Å². The smallest absolute Gasteiger partial charge is 0.215 e. The Morgan fingerprint density at radius 2 is 2.00 bits per heavy atom. The third-order valence-corrected chi connectivity index (χ3v) is 5.78. The predicted octanol–water partition coefficient (Wildman–Crippen LogP) is 2.33. The number of nitrogens with one attached hydrogen (secondary N) is 2. The summed E-state index contributed by atoms with van der Waals surface area (Å²) in [6, 6.07) is 9.41. The summed E-state index contributed by atoms with van der Waals surface area (Å²) in [6.45, 7) is 3.88. The van der Waals surface area contributed by atoms with Crippen molar-refractivity contribution in [1.29, 1.82) is 0 Å². The van der Waals surface area contributed by atoms with E-state index < -0.39 is 10.0 Å². The first-order valence-corrected chi connectivity index (χ1v) is 11.1. The van der Waals surface area contributed by atoms with Gasteiger partial charge in [0, 0.05) is 32.5 Å². The van der Waals surface area contributed by atoms with Crippen LogP contribution in [-0.4, -0.2) is 44.5 Å². The van der Waals surface area contributed by atoms with E-state index in [4.69, 9.17) is 16.6 Å². The molecule has 0 aliphatic rings. The van der Waals surface area contributed by atoms with Crippen molar-refractivity contribution in [2.24, 2.45) is 12.0 Å². The molecule has 2 N–H and O–H groups in total. The van der Waals surface area contributed by atoms with Gasteiger partial charge in [0.25, 0.3) is 0 Å². The molecule has 0 unspecified atom stereocenters. The number of aliphatic imine (C=N–C) groups is 1. The molecule has 0 aliphatic carbocycles. The highest BCUT2D eigenvalue weighted by Crippen LogP contribution is 2.14. The van der Waals surface area contributed by atoms with Crippen molar-refractivity contribution in [3.8, 4) is 0 Å². The fraction of sp³-hybridized carbons (Fsp3) is 0.421. The molecule has 1 heterocycles. The number of aromatic nitrogens is 1. The zero-order valence-corrected chi connectivity index (χ0v) is 18.3. The topological polar surface area (TPSA) is 78.7 Å². The van der Waals surface area contributed by atoms with Crippen molar-refractivity contribution < 1.29 is 8.42 Å². The molecule has 0 saturated heterocycles. The fourth-order valence-electron chi connectivity index (χ4n) is 2.79. The lowest BCUT2D eigenvalue weighted by molar-refractivity contribution is 0.462. The first-order valence-electron chi connectivity index (χ1n) is 9.03. The van der Waals surface area contributed by atoms with Gasteiger partial charge in [-0.05, 0) is 31.2 Å². The van der Waals surface area contributed by atoms with Crippen LogP contribution in [0.25, 0.3) is 0 Å². The van der Waals surface area contributed by atoms with Gasteiger partial charge in [0.2, 0.25) is 10.0 Å². The minimum absolute atomic E-state index is 0.0464. The van der Waals surface area contributed by atoms with Gasteiger partial charge in [-0.25, -0.2) is 18.1 Å². The third kappa shape index (κ3) is 6.54. The maximum absolute atomic E-state index is 11.8. The van der Waals surface area contributed by atoms with Gasteiger partial charge in [-0.15, -0.1) is 0 Å². The lowest BCUT2D eigenvalue weighted by Gasteiger charge is -2.22. The Kier molecular flexibility index (Phi) is 7.91. The van der Waals surface area contributed by atoms with E-state index in [0.29, 0.717) is 18.1 Å². The highest BCUT2D eigenvalue weighted by atomic mass is 35.5. The molecular formula is C19H28ClN5O2S. The van der Waals surface area contributed by atoms with Crippen molar-refractivity contribution in [2.75, 3.05) is 20.6 Å². The summed E-state index contributed by atoms with van der Waals surface area (Å²) >= 11 is 6.07. The Balaban J connectivity index is 2.12. The Labute approximate surface area is 172 Å². The van der Waals surface area contributed by atoms with E-state index in [1.54, 1.807) is 6.07 Å². The van der Waals surface area contributed by atoms with Crippen LogP contribution in [0.15, 0.2) is 41.5 Å². The molecule has 2 rings (SSSR count). The third-order valence-electron chi connectivity index (χ3n) is 4.24. The molecule has 0 aliphatic heterocycles. The van der Waals surface area contributed by atoms with Gasteiger partial charge >= 0.3 is 0 Å². The normalized spacial score (nSPS) is 12.2. The molecule has 0 spiro atoms. The SMILES string of the molecule is CCNC(=NCc1cccc(CS(=O)(=O)NC)c1)N(C)Cc1cc(Cl)cn1C. The van der Waals surface area contributed by atoms with E-state index in [0.717, 1.165) is 29.3 Å². The Morgan fingerprint density at radius 1 is 1.29 bits per heavy atom. The second-order valence-electron chi connectivity index (χ2n) is 6.57. The molecule has 0 atom stereocenters. The van der Waals surface area contributed by atoms with E-state index in [2.05, 4.69) is 10.0 Å². The number of aryl methyl sites for hydroxylation is 1. The average Bonchev–Trinajstić information content (AvgIpc) is 2.95. The largest absolute Gasteiger partial charge is 0.357 e. The molecule has 7 nitrogen and oxygen atoms in total. The van der Waals surface area contributed by atoms with Gasteiger partial charge in [0.1, 0.15) is 0 Å². The molecule has 154 valence electrons. The molecular weight excluding hydrogens is 398 g/mol. The predicted molar refractivity (Wildman–Crippen MR) is 115 cm³/mol. The Hall–Kier alpha value is -2.03. The van der Waals surface area contributed by atoms with Crippen LogP contribution in [0.4, 0.5) is 0 Å². The summed E-state index contributed by atoms with van der Waals surface area (Å²) in [7, 11) is 2.05. The summed E-state index contributed by atoms with van der Waals surface area (Å²) in [5, 5.41) is 4.00. The maximum Gasteiger partial charge on any atom is 0.215 e. The average molecular weight is 426 g/mol. The van der Waals surface area contributed by atoms with E-state index in [1.807, 2.05) is 60.9 Å². The van der Waals surface area contributed by atoms with Crippen LogP contribution in [0.3, 0.4) is 0 Å². The number of hydrogen-bond donors (Lipinski definition) is 2. The number of sulfonamides is 1. The van der Waals surface area contributed by atoms with Crippen LogP contribution in [0, 0.1) is 0 Å². The van der Waals surface area contributed by atoms with E-state index >= 15 is 0 Å². The fourth-order valence-corrected chi connectivity index (χ4v) is 3.82. The molecule has 0 fully saturated rings. The van der Waals surface area contributed by atoms with Crippen molar-refractivity contribution >= 4 is 27.6 Å².